The Balaban J connectivity index is 1.52. The van der Waals surface area contributed by atoms with Gasteiger partial charge in [-0.15, -0.1) is 0 Å². The van der Waals surface area contributed by atoms with E-state index in [1.165, 1.54) is 0 Å². The van der Waals surface area contributed by atoms with Gasteiger partial charge < -0.3 is 19.1 Å². The van der Waals surface area contributed by atoms with Crippen LogP contribution in [0.25, 0.3) is 11.0 Å². The SMILES string of the molecule is COc1ccnc(N2CCN(c3nc4ccncc4n3C)CC2)n1. The van der Waals surface area contributed by atoms with Crippen molar-refractivity contribution in [3.63, 3.8) is 0 Å². The first kappa shape index (κ1) is 14.7. The van der Waals surface area contributed by atoms with Gasteiger partial charge in [0.25, 0.3) is 0 Å². The number of hydrogen-bond acceptors (Lipinski definition) is 7. The lowest BCUT2D eigenvalue weighted by Gasteiger charge is -2.35. The molecule has 0 spiro atoms. The van der Waals surface area contributed by atoms with Crippen molar-refractivity contribution in [2.45, 2.75) is 0 Å². The van der Waals surface area contributed by atoms with Crippen LogP contribution in [0, 0.1) is 0 Å². The number of nitrogens with zero attached hydrogens (tertiary/aromatic N) is 7. The van der Waals surface area contributed by atoms with E-state index in [0.29, 0.717) is 11.8 Å². The first-order valence-electron chi connectivity index (χ1n) is 7.89. The van der Waals surface area contributed by atoms with E-state index in [9.17, 15) is 0 Å². The number of aromatic nitrogens is 5. The highest BCUT2D eigenvalue weighted by Crippen LogP contribution is 2.22. The van der Waals surface area contributed by atoms with Crippen LogP contribution in [0.2, 0.25) is 0 Å². The van der Waals surface area contributed by atoms with E-state index in [1.807, 2.05) is 19.3 Å². The molecule has 124 valence electrons. The number of piperazine rings is 1. The Morgan fingerprint density at radius 3 is 2.54 bits per heavy atom. The summed E-state index contributed by atoms with van der Waals surface area (Å²) in [5.41, 5.74) is 2.02. The van der Waals surface area contributed by atoms with Gasteiger partial charge in [0.05, 0.1) is 24.3 Å². The van der Waals surface area contributed by atoms with Crippen LogP contribution in [0.4, 0.5) is 11.9 Å². The molecule has 24 heavy (non-hydrogen) atoms. The summed E-state index contributed by atoms with van der Waals surface area (Å²) in [6.45, 7) is 3.42. The van der Waals surface area contributed by atoms with Gasteiger partial charge in [0.2, 0.25) is 17.8 Å². The standard InChI is InChI=1S/C16H19N7O/c1-21-13-11-17-5-3-12(13)19-16(21)23-9-7-22(8-10-23)15-18-6-4-14(20-15)24-2/h3-6,11H,7-10H2,1-2H3. The van der Waals surface area contributed by atoms with Gasteiger partial charge in [-0.25, -0.2) is 9.97 Å². The van der Waals surface area contributed by atoms with E-state index in [1.54, 1.807) is 25.6 Å². The first-order chi connectivity index (χ1) is 11.8. The monoisotopic (exact) mass is 325 g/mol. The molecule has 0 amide bonds. The zero-order valence-corrected chi connectivity index (χ0v) is 13.8. The fraction of sp³-hybridized carbons (Fsp3) is 0.375. The first-order valence-corrected chi connectivity index (χ1v) is 7.89. The van der Waals surface area contributed by atoms with Crippen LogP contribution in [-0.4, -0.2) is 57.8 Å². The quantitative estimate of drug-likeness (QED) is 0.714. The Hall–Kier alpha value is -2.90. The van der Waals surface area contributed by atoms with Crippen molar-refractivity contribution in [3.8, 4) is 5.88 Å². The van der Waals surface area contributed by atoms with Gasteiger partial charge in [0.1, 0.15) is 0 Å². The van der Waals surface area contributed by atoms with Crippen molar-refractivity contribution < 1.29 is 4.74 Å². The van der Waals surface area contributed by atoms with E-state index in [0.717, 1.165) is 43.2 Å². The van der Waals surface area contributed by atoms with Crippen LogP contribution in [0.3, 0.4) is 0 Å². The molecule has 0 radical (unpaired) electrons. The summed E-state index contributed by atoms with van der Waals surface area (Å²) in [4.78, 5) is 22.1. The minimum Gasteiger partial charge on any atom is -0.481 e. The summed E-state index contributed by atoms with van der Waals surface area (Å²) in [5.74, 6) is 2.28. The molecule has 3 aromatic heterocycles. The molecule has 1 aliphatic heterocycles. The Bertz CT molecular complexity index is 855. The second kappa shape index (κ2) is 5.95. The highest BCUT2D eigenvalue weighted by atomic mass is 16.5. The molecule has 1 saturated heterocycles. The lowest BCUT2D eigenvalue weighted by atomic mass is 10.3. The maximum absolute atomic E-state index is 5.18. The molecule has 1 aliphatic rings. The van der Waals surface area contributed by atoms with Crippen molar-refractivity contribution in [1.29, 1.82) is 0 Å². The zero-order chi connectivity index (χ0) is 16.5. The van der Waals surface area contributed by atoms with Crippen molar-refractivity contribution in [2.24, 2.45) is 7.05 Å². The van der Waals surface area contributed by atoms with Gasteiger partial charge in [0.15, 0.2) is 0 Å². The summed E-state index contributed by atoms with van der Waals surface area (Å²) in [6.07, 6.45) is 5.36. The third-order valence-corrected chi connectivity index (χ3v) is 4.33. The molecular weight excluding hydrogens is 306 g/mol. The second-order valence-corrected chi connectivity index (χ2v) is 5.71. The zero-order valence-electron chi connectivity index (χ0n) is 13.8. The summed E-state index contributed by atoms with van der Waals surface area (Å²) in [5, 5.41) is 0. The fourth-order valence-corrected chi connectivity index (χ4v) is 3.01. The van der Waals surface area contributed by atoms with Crippen molar-refractivity contribution in [1.82, 2.24) is 24.5 Å². The van der Waals surface area contributed by atoms with Crippen LogP contribution in [0.1, 0.15) is 0 Å². The van der Waals surface area contributed by atoms with Gasteiger partial charge >= 0.3 is 0 Å². The number of aryl methyl sites for hydroxylation is 1. The molecule has 8 heteroatoms. The number of anilines is 2. The summed E-state index contributed by atoms with van der Waals surface area (Å²) < 4.78 is 7.28. The van der Waals surface area contributed by atoms with Crippen molar-refractivity contribution in [2.75, 3.05) is 43.1 Å². The normalized spacial score (nSPS) is 15.1. The van der Waals surface area contributed by atoms with E-state index < -0.39 is 0 Å². The number of imidazole rings is 1. The second-order valence-electron chi connectivity index (χ2n) is 5.71. The van der Waals surface area contributed by atoms with Gasteiger partial charge in [-0.3, -0.25) is 4.98 Å². The molecule has 4 rings (SSSR count). The molecule has 8 nitrogen and oxygen atoms in total. The molecule has 0 atom stereocenters. The Morgan fingerprint density at radius 2 is 1.79 bits per heavy atom. The largest absolute Gasteiger partial charge is 0.481 e. The highest BCUT2D eigenvalue weighted by Gasteiger charge is 2.22. The number of methoxy groups -OCH3 is 1. The van der Waals surface area contributed by atoms with Gasteiger partial charge in [-0.2, -0.15) is 4.98 Å². The Morgan fingerprint density at radius 1 is 1.00 bits per heavy atom. The van der Waals surface area contributed by atoms with E-state index >= 15 is 0 Å². The van der Waals surface area contributed by atoms with Gasteiger partial charge in [-0.1, -0.05) is 0 Å². The van der Waals surface area contributed by atoms with E-state index in [2.05, 4.69) is 29.3 Å². The number of ether oxygens (including phenoxy) is 1. The van der Waals surface area contributed by atoms with E-state index in [4.69, 9.17) is 9.72 Å². The third-order valence-electron chi connectivity index (χ3n) is 4.33. The number of fused-ring (bicyclic) bond motifs is 1. The topological polar surface area (TPSA) is 72.2 Å². The average Bonchev–Trinajstić information content (AvgIpc) is 2.99. The minimum absolute atomic E-state index is 0.588. The van der Waals surface area contributed by atoms with Crippen molar-refractivity contribution in [3.05, 3.63) is 30.7 Å². The molecule has 3 aromatic rings. The molecule has 0 N–H and O–H groups in total. The molecule has 0 aromatic carbocycles. The molecule has 1 fully saturated rings. The van der Waals surface area contributed by atoms with E-state index in [-0.39, 0.29) is 0 Å². The number of hydrogen-bond donors (Lipinski definition) is 0. The van der Waals surface area contributed by atoms with Crippen LogP contribution in [0.5, 0.6) is 5.88 Å². The third kappa shape index (κ3) is 2.49. The molecule has 4 heterocycles. The fourth-order valence-electron chi connectivity index (χ4n) is 3.01. The van der Waals surface area contributed by atoms with Gasteiger partial charge in [-0.05, 0) is 6.07 Å². The molecule has 0 bridgehead atoms. The smallest absolute Gasteiger partial charge is 0.228 e. The molecule has 0 aliphatic carbocycles. The summed E-state index contributed by atoms with van der Waals surface area (Å²) in [7, 11) is 3.65. The minimum atomic E-state index is 0.588. The van der Waals surface area contributed by atoms with Gasteiger partial charge in [0, 0.05) is 51.7 Å². The molecular formula is C16H19N7O. The van der Waals surface area contributed by atoms with Crippen molar-refractivity contribution >= 4 is 22.9 Å². The Labute approximate surface area is 139 Å². The lowest BCUT2D eigenvalue weighted by Crippen LogP contribution is -2.47. The molecule has 0 saturated carbocycles. The summed E-state index contributed by atoms with van der Waals surface area (Å²) in [6, 6.07) is 3.70. The highest BCUT2D eigenvalue weighted by molar-refractivity contribution is 5.77. The maximum Gasteiger partial charge on any atom is 0.228 e. The number of pyridine rings is 1. The average molecular weight is 325 g/mol. The van der Waals surface area contributed by atoms with Crippen LogP contribution < -0.4 is 14.5 Å². The van der Waals surface area contributed by atoms with Crippen LogP contribution >= 0.6 is 0 Å². The molecule has 0 unspecified atom stereocenters. The Kier molecular flexibility index (Phi) is 3.64. The van der Waals surface area contributed by atoms with Crippen LogP contribution in [0.15, 0.2) is 30.7 Å². The lowest BCUT2D eigenvalue weighted by molar-refractivity contribution is 0.396. The predicted molar refractivity (Wildman–Crippen MR) is 91.5 cm³/mol. The predicted octanol–water partition coefficient (Wildman–Crippen LogP) is 1.09. The van der Waals surface area contributed by atoms with Crippen LogP contribution in [-0.2, 0) is 7.05 Å². The maximum atomic E-state index is 5.18. The number of rotatable bonds is 3. The summed E-state index contributed by atoms with van der Waals surface area (Å²) >= 11 is 0.